The average molecular weight is 431 g/mol. The molecule has 5 heteroatoms. The number of benzene rings is 3. The lowest BCUT2D eigenvalue weighted by Crippen LogP contribution is -2.00. The first-order valence-electron chi connectivity index (χ1n) is 10.4. The number of nitrogens with zero attached hydrogens (tertiary/aromatic N) is 4. The second kappa shape index (κ2) is 7.62. The molecule has 4 nitrogen and oxygen atoms in total. The number of aryl methyl sites for hydroxylation is 1. The quantitative estimate of drug-likeness (QED) is 0.305. The van der Waals surface area contributed by atoms with E-state index in [1.807, 2.05) is 31.3 Å². The molecule has 0 N–H and O–H groups in total. The van der Waals surface area contributed by atoms with Crippen molar-refractivity contribution in [1.82, 2.24) is 19.9 Å². The van der Waals surface area contributed by atoms with Crippen LogP contribution >= 0.6 is 11.3 Å². The zero-order chi connectivity index (χ0) is 21.5. The van der Waals surface area contributed by atoms with Gasteiger partial charge in [0.25, 0.3) is 0 Å². The van der Waals surface area contributed by atoms with Crippen molar-refractivity contribution in [2.24, 2.45) is 0 Å². The van der Waals surface area contributed by atoms with Gasteiger partial charge in [-0.1, -0.05) is 60.7 Å². The minimum atomic E-state index is 0.670. The normalized spacial score (nSPS) is 11.3. The molecule has 0 spiro atoms. The summed E-state index contributed by atoms with van der Waals surface area (Å²) in [6.45, 7) is 1.92. The summed E-state index contributed by atoms with van der Waals surface area (Å²) < 4.78 is 2.52. The zero-order valence-electron chi connectivity index (χ0n) is 17.4. The Morgan fingerprint density at radius 1 is 0.625 bits per heavy atom. The van der Waals surface area contributed by atoms with E-state index in [9.17, 15) is 0 Å². The van der Waals surface area contributed by atoms with Gasteiger partial charge in [-0.05, 0) is 30.7 Å². The maximum atomic E-state index is 4.88. The Balaban J connectivity index is 1.50. The van der Waals surface area contributed by atoms with Gasteiger partial charge in [-0.2, -0.15) is 0 Å². The lowest BCUT2D eigenvalue weighted by molar-refractivity contribution is 0.992. The molecule has 152 valence electrons. The fourth-order valence-corrected chi connectivity index (χ4v) is 5.19. The van der Waals surface area contributed by atoms with E-state index in [0.717, 1.165) is 22.3 Å². The fourth-order valence-electron chi connectivity index (χ4n) is 4.05. The monoisotopic (exact) mass is 430 g/mol. The molecule has 32 heavy (non-hydrogen) atoms. The molecular weight excluding hydrogens is 412 g/mol. The van der Waals surface area contributed by atoms with Crippen LogP contribution in [0.25, 0.3) is 54.1 Å². The van der Waals surface area contributed by atoms with E-state index in [0.29, 0.717) is 17.5 Å². The number of hydrogen-bond donors (Lipinski definition) is 0. The van der Waals surface area contributed by atoms with Crippen molar-refractivity contribution in [1.29, 1.82) is 0 Å². The van der Waals surface area contributed by atoms with Crippen LogP contribution in [0.3, 0.4) is 0 Å². The first kappa shape index (κ1) is 18.8. The Labute approximate surface area is 189 Å². The maximum Gasteiger partial charge on any atom is 0.164 e. The number of rotatable bonds is 3. The first-order valence-corrected chi connectivity index (χ1v) is 11.2. The van der Waals surface area contributed by atoms with Crippen molar-refractivity contribution in [3.63, 3.8) is 0 Å². The van der Waals surface area contributed by atoms with E-state index in [2.05, 4.69) is 75.6 Å². The Morgan fingerprint density at radius 2 is 1.41 bits per heavy atom. The SMILES string of the molecule is Cc1nc(-c2ccc3c(c2)sc2ccccc23)nc(-c2ccccc2-c2cccnc2)n1. The van der Waals surface area contributed by atoms with Crippen LogP contribution in [-0.2, 0) is 0 Å². The molecule has 0 saturated carbocycles. The Morgan fingerprint density at radius 3 is 2.28 bits per heavy atom. The van der Waals surface area contributed by atoms with Crippen molar-refractivity contribution in [3.8, 4) is 33.9 Å². The van der Waals surface area contributed by atoms with Crippen molar-refractivity contribution in [2.75, 3.05) is 0 Å². The summed E-state index contributed by atoms with van der Waals surface area (Å²) in [5.41, 5.74) is 4.05. The van der Waals surface area contributed by atoms with E-state index in [1.165, 1.54) is 20.2 Å². The largest absolute Gasteiger partial charge is 0.264 e. The molecule has 6 aromatic rings. The minimum Gasteiger partial charge on any atom is -0.264 e. The molecular formula is C27H18N4S. The van der Waals surface area contributed by atoms with Gasteiger partial charge in [-0.3, -0.25) is 4.98 Å². The summed E-state index contributed by atoms with van der Waals surface area (Å²) in [4.78, 5) is 18.5. The predicted molar refractivity (Wildman–Crippen MR) is 132 cm³/mol. The number of fused-ring (bicyclic) bond motifs is 3. The lowest BCUT2D eigenvalue weighted by atomic mass is 10.0. The summed E-state index contributed by atoms with van der Waals surface area (Å²) in [5, 5.41) is 2.55. The fraction of sp³-hybridized carbons (Fsp3) is 0.0370. The lowest BCUT2D eigenvalue weighted by Gasteiger charge is -2.10. The highest BCUT2D eigenvalue weighted by molar-refractivity contribution is 7.25. The molecule has 0 saturated heterocycles. The maximum absolute atomic E-state index is 4.88. The van der Waals surface area contributed by atoms with Gasteiger partial charge < -0.3 is 0 Å². The zero-order valence-corrected chi connectivity index (χ0v) is 18.2. The summed E-state index contributed by atoms with van der Waals surface area (Å²) >= 11 is 1.80. The molecule has 0 aliphatic rings. The van der Waals surface area contributed by atoms with Crippen LogP contribution in [0.2, 0.25) is 0 Å². The van der Waals surface area contributed by atoms with Crippen molar-refractivity contribution in [3.05, 3.63) is 97.1 Å². The summed E-state index contributed by atoms with van der Waals surface area (Å²) in [5.74, 6) is 2.05. The molecule has 0 aliphatic heterocycles. The van der Waals surface area contributed by atoms with Gasteiger partial charge in [-0.25, -0.2) is 15.0 Å². The Hall–Kier alpha value is -3.96. The van der Waals surface area contributed by atoms with Crippen LogP contribution in [0, 0.1) is 6.92 Å². The van der Waals surface area contributed by atoms with Crippen LogP contribution in [-0.4, -0.2) is 19.9 Å². The molecule has 0 aliphatic carbocycles. The van der Waals surface area contributed by atoms with Crippen molar-refractivity contribution in [2.45, 2.75) is 6.92 Å². The highest BCUT2D eigenvalue weighted by atomic mass is 32.1. The standard InChI is InChI=1S/C27H18N4S/c1-17-29-26(18-12-13-22-21-9-4-5-11-24(21)32-25(22)15-18)31-27(30-17)23-10-3-2-8-20(23)19-7-6-14-28-16-19/h2-16H,1H3. The highest BCUT2D eigenvalue weighted by Crippen LogP contribution is 2.36. The van der Waals surface area contributed by atoms with Gasteiger partial charge in [0.1, 0.15) is 5.82 Å². The minimum absolute atomic E-state index is 0.670. The van der Waals surface area contributed by atoms with Gasteiger partial charge >= 0.3 is 0 Å². The number of hydrogen-bond acceptors (Lipinski definition) is 5. The Kier molecular flexibility index (Phi) is 4.47. The van der Waals surface area contributed by atoms with Gasteiger partial charge in [0.05, 0.1) is 0 Å². The first-order chi connectivity index (χ1) is 15.8. The molecule has 3 aromatic heterocycles. The summed E-state index contributed by atoms with van der Waals surface area (Å²) in [6, 6.07) is 27.1. The molecule has 3 heterocycles. The Bertz CT molecular complexity index is 1590. The van der Waals surface area contributed by atoms with E-state index >= 15 is 0 Å². The summed E-state index contributed by atoms with van der Waals surface area (Å²) in [7, 11) is 0. The second-order valence-corrected chi connectivity index (χ2v) is 8.71. The number of pyridine rings is 1. The topological polar surface area (TPSA) is 51.6 Å². The van der Waals surface area contributed by atoms with Gasteiger partial charge in [0.15, 0.2) is 11.6 Å². The van der Waals surface area contributed by atoms with Crippen LogP contribution in [0.4, 0.5) is 0 Å². The second-order valence-electron chi connectivity index (χ2n) is 7.63. The van der Waals surface area contributed by atoms with Crippen molar-refractivity contribution < 1.29 is 0 Å². The third-order valence-electron chi connectivity index (χ3n) is 5.52. The molecule has 3 aromatic carbocycles. The van der Waals surface area contributed by atoms with Crippen LogP contribution in [0.15, 0.2) is 91.3 Å². The van der Waals surface area contributed by atoms with E-state index in [-0.39, 0.29) is 0 Å². The number of thiophene rings is 1. The van der Waals surface area contributed by atoms with Gasteiger partial charge in [0, 0.05) is 49.3 Å². The van der Waals surface area contributed by atoms with Gasteiger partial charge in [0.2, 0.25) is 0 Å². The third-order valence-corrected chi connectivity index (χ3v) is 6.66. The van der Waals surface area contributed by atoms with E-state index < -0.39 is 0 Å². The van der Waals surface area contributed by atoms with Crippen LogP contribution < -0.4 is 0 Å². The number of aromatic nitrogens is 4. The molecule has 0 radical (unpaired) electrons. The molecule has 0 fully saturated rings. The van der Waals surface area contributed by atoms with Crippen LogP contribution in [0.5, 0.6) is 0 Å². The smallest absolute Gasteiger partial charge is 0.164 e. The van der Waals surface area contributed by atoms with Gasteiger partial charge in [-0.15, -0.1) is 11.3 Å². The molecule has 6 rings (SSSR count). The van der Waals surface area contributed by atoms with Crippen molar-refractivity contribution >= 4 is 31.5 Å². The molecule has 0 amide bonds. The van der Waals surface area contributed by atoms with Crippen LogP contribution in [0.1, 0.15) is 5.82 Å². The van der Waals surface area contributed by atoms with E-state index in [1.54, 1.807) is 17.5 Å². The van der Waals surface area contributed by atoms with E-state index in [4.69, 9.17) is 4.98 Å². The predicted octanol–water partition coefficient (Wildman–Crippen LogP) is 6.94. The molecule has 0 bridgehead atoms. The molecule has 0 unspecified atom stereocenters. The third kappa shape index (κ3) is 3.24. The average Bonchev–Trinajstić information content (AvgIpc) is 3.22. The molecule has 0 atom stereocenters. The highest BCUT2D eigenvalue weighted by Gasteiger charge is 2.14. The summed E-state index contributed by atoms with van der Waals surface area (Å²) in [6.07, 6.45) is 3.64.